The number of hydrogen-bond donors (Lipinski definition) is 1. The van der Waals surface area contributed by atoms with Crippen LogP contribution in [-0.2, 0) is 4.79 Å². The molecule has 3 amide bonds. The average molecular weight is 288 g/mol. The molecule has 0 aliphatic carbocycles. The van der Waals surface area contributed by atoms with Crippen LogP contribution in [0, 0.1) is 0 Å². The van der Waals surface area contributed by atoms with Crippen molar-refractivity contribution < 1.29 is 19.5 Å². The van der Waals surface area contributed by atoms with Crippen molar-refractivity contribution in [1.29, 1.82) is 0 Å². The van der Waals surface area contributed by atoms with Crippen molar-refractivity contribution in [2.75, 3.05) is 11.4 Å². The van der Waals surface area contributed by atoms with Gasteiger partial charge in [-0.05, 0) is 44.0 Å². The number of Topliss-reactive ketones (excluding diaryl/α,β-unsaturated/α-hetero) is 1. The van der Waals surface area contributed by atoms with Gasteiger partial charge in [-0.25, -0.2) is 9.69 Å². The highest BCUT2D eigenvalue weighted by Gasteiger charge is 2.50. The fraction of sp³-hybridized carbons (Fsp3) is 0.400. The topological polar surface area (TPSA) is 77.9 Å². The van der Waals surface area contributed by atoms with Gasteiger partial charge in [-0.3, -0.25) is 9.59 Å². The van der Waals surface area contributed by atoms with E-state index in [1.165, 1.54) is 11.8 Å². The molecule has 1 aromatic carbocycles. The zero-order chi connectivity index (χ0) is 15.1. The first-order valence-electron chi connectivity index (χ1n) is 6.94. The van der Waals surface area contributed by atoms with E-state index in [0.717, 1.165) is 4.90 Å². The van der Waals surface area contributed by atoms with Crippen molar-refractivity contribution in [3.63, 3.8) is 0 Å². The van der Waals surface area contributed by atoms with Gasteiger partial charge in [-0.15, -0.1) is 0 Å². The monoisotopic (exact) mass is 288 g/mol. The van der Waals surface area contributed by atoms with Crippen LogP contribution >= 0.6 is 0 Å². The van der Waals surface area contributed by atoms with Gasteiger partial charge in [0.15, 0.2) is 5.78 Å². The number of imide groups is 1. The standard InChI is InChI=1S/C15H16N2O4/c1-9(18)10-4-6-11(7-5-10)17-14(20)13-12(19)3-2-8-16(13)15(17)21/h4-7,12-13,19H,2-3,8H2,1H3/t12-,13-/m1/s1. The van der Waals surface area contributed by atoms with E-state index >= 15 is 0 Å². The van der Waals surface area contributed by atoms with Crippen LogP contribution < -0.4 is 4.90 Å². The number of hydrogen-bond acceptors (Lipinski definition) is 4. The predicted octanol–water partition coefficient (Wildman–Crippen LogP) is 1.18. The second-order valence-corrected chi connectivity index (χ2v) is 5.41. The maximum atomic E-state index is 12.4. The third-order valence-electron chi connectivity index (χ3n) is 4.04. The van der Waals surface area contributed by atoms with Gasteiger partial charge in [0, 0.05) is 12.1 Å². The van der Waals surface area contributed by atoms with Crippen molar-refractivity contribution in [3.8, 4) is 0 Å². The molecule has 1 aromatic rings. The lowest BCUT2D eigenvalue weighted by Gasteiger charge is -2.30. The van der Waals surface area contributed by atoms with Crippen molar-refractivity contribution in [2.24, 2.45) is 0 Å². The van der Waals surface area contributed by atoms with Crippen molar-refractivity contribution in [3.05, 3.63) is 29.8 Å². The van der Waals surface area contributed by atoms with E-state index < -0.39 is 24.1 Å². The number of fused-ring (bicyclic) bond motifs is 1. The van der Waals surface area contributed by atoms with E-state index in [-0.39, 0.29) is 5.78 Å². The number of aliphatic hydroxyl groups excluding tert-OH is 1. The molecule has 1 N–H and O–H groups in total. The summed E-state index contributed by atoms with van der Waals surface area (Å²) in [6, 6.07) is 5.16. The number of nitrogens with zero attached hydrogens (tertiary/aromatic N) is 2. The molecule has 0 saturated carbocycles. The fourth-order valence-corrected chi connectivity index (χ4v) is 2.93. The van der Waals surface area contributed by atoms with E-state index in [2.05, 4.69) is 0 Å². The summed E-state index contributed by atoms with van der Waals surface area (Å²) in [5.41, 5.74) is 0.951. The molecule has 2 fully saturated rings. The van der Waals surface area contributed by atoms with Gasteiger partial charge in [0.05, 0.1) is 11.8 Å². The van der Waals surface area contributed by atoms with Gasteiger partial charge in [-0.1, -0.05) is 0 Å². The lowest BCUT2D eigenvalue weighted by atomic mass is 10.00. The Kier molecular flexibility index (Phi) is 3.25. The largest absolute Gasteiger partial charge is 0.390 e. The van der Waals surface area contributed by atoms with Gasteiger partial charge in [0.2, 0.25) is 0 Å². The highest BCUT2D eigenvalue weighted by atomic mass is 16.3. The number of piperidine rings is 1. The third-order valence-corrected chi connectivity index (χ3v) is 4.04. The Morgan fingerprint density at radius 3 is 2.48 bits per heavy atom. The molecule has 0 radical (unpaired) electrons. The van der Waals surface area contributed by atoms with Crippen LogP contribution in [0.15, 0.2) is 24.3 Å². The number of benzene rings is 1. The Morgan fingerprint density at radius 2 is 1.90 bits per heavy atom. The van der Waals surface area contributed by atoms with Gasteiger partial charge in [-0.2, -0.15) is 0 Å². The molecule has 21 heavy (non-hydrogen) atoms. The molecule has 0 bridgehead atoms. The van der Waals surface area contributed by atoms with Crippen molar-refractivity contribution in [1.82, 2.24) is 4.90 Å². The molecule has 2 atom stereocenters. The second-order valence-electron chi connectivity index (χ2n) is 5.41. The van der Waals surface area contributed by atoms with Crippen LogP contribution in [0.3, 0.4) is 0 Å². The minimum Gasteiger partial charge on any atom is -0.390 e. The Bertz CT molecular complexity index is 611. The highest BCUT2D eigenvalue weighted by Crippen LogP contribution is 2.31. The number of ketones is 1. The normalized spacial score (nSPS) is 25.2. The molecule has 0 spiro atoms. The zero-order valence-corrected chi connectivity index (χ0v) is 11.7. The molecule has 2 aliphatic heterocycles. The summed E-state index contributed by atoms with van der Waals surface area (Å²) >= 11 is 0. The summed E-state index contributed by atoms with van der Waals surface area (Å²) in [6.07, 6.45) is 0.405. The minimum absolute atomic E-state index is 0.0755. The number of urea groups is 1. The van der Waals surface area contributed by atoms with Crippen LogP contribution in [0.1, 0.15) is 30.1 Å². The van der Waals surface area contributed by atoms with Crippen molar-refractivity contribution >= 4 is 23.4 Å². The van der Waals surface area contributed by atoms with Crippen LogP contribution in [0.4, 0.5) is 10.5 Å². The van der Waals surface area contributed by atoms with E-state index in [9.17, 15) is 19.5 Å². The van der Waals surface area contributed by atoms with E-state index in [0.29, 0.717) is 30.6 Å². The smallest absolute Gasteiger partial charge is 0.332 e. The highest BCUT2D eigenvalue weighted by molar-refractivity contribution is 6.21. The number of carbonyl (C=O) groups excluding carboxylic acids is 3. The molecule has 2 aliphatic rings. The lowest BCUT2D eigenvalue weighted by molar-refractivity contribution is -0.124. The lowest BCUT2D eigenvalue weighted by Crippen LogP contribution is -2.48. The van der Waals surface area contributed by atoms with Crippen molar-refractivity contribution in [2.45, 2.75) is 31.9 Å². The number of anilines is 1. The second kappa shape index (κ2) is 4.96. The minimum atomic E-state index is -0.809. The Labute approximate surface area is 122 Å². The summed E-state index contributed by atoms with van der Waals surface area (Å²) in [6.45, 7) is 1.94. The summed E-state index contributed by atoms with van der Waals surface area (Å²) in [4.78, 5) is 38.6. The van der Waals surface area contributed by atoms with Crippen LogP contribution in [0.25, 0.3) is 0 Å². The van der Waals surface area contributed by atoms with Gasteiger partial charge in [0.25, 0.3) is 5.91 Å². The fourth-order valence-electron chi connectivity index (χ4n) is 2.93. The first-order valence-corrected chi connectivity index (χ1v) is 6.94. The van der Waals surface area contributed by atoms with Gasteiger partial charge in [0.1, 0.15) is 6.04 Å². The van der Waals surface area contributed by atoms with Crippen LogP contribution in [0.2, 0.25) is 0 Å². The number of amides is 3. The number of rotatable bonds is 2. The Morgan fingerprint density at radius 1 is 1.24 bits per heavy atom. The van der Waals surface area contributed by atoms with Crippen LogP contribution in [-0.4, -0.2) is 46.4 Å². The number of carbonyl (C=O) groups is 3. The summed E-state index contributed by atoms with van der Waals surface area (Å²) in [5.74, 6) is -0.476. The molecule has 110 valence electrons. The van der Waals surface area contributed by atoms with E-state index in [1.54, 1.807) is 24.3 Å². The first-order chi connectivity index (χ1) is 10.0. The molecule has 6 heteroatoms. The molecule has 2 saturated heterocycles. The molecular weight excluding hydrogens is 272 g/mol. The summed E-state index contributed by atoms with van der Waals surface area (Å²) < 4.78 is 0. The predicted molar refractivity (Wildman–Crippen MR) is 75.1 cm³/mol. The van der Waals surface area contributed by atoms with E-state index in [4.69, 9.17) is 0 Å². The maximum absolute atomic E-state index is 12.4. The molecule has 0 aromatic heterocycles. The first kappa shape index (κ1) is 13.8. The molecule has 3 rings (SSSR count). The Balaban J connectivity index is 1.93. The quantitative estimate of drug-likeness (QED) is 0.655. The molecule has 2 heterocycles. The van der Waals surface area contributed by atoms with Gasteiger partial charge < -0.3 is 10.0 Å². The molecule has 6 nitrogen and oxygen atoms in total. The molecule has 0 unspecified atom stereocenters. The Hall–Kier alpha value is -2.21. The van der Waals surface area contributed by atoms with E-state index in [1.807, 2.05) is 0 Å². The maximum Gasteiger partial charge on any atom is 0.332 e. The SMILES string of the molecule is CC(=O)c1ccc(N2C(=O)[C@H]3[C@H](O)CCCN3C2=O)cc1. The summed E-state index contributed by atoms with van der Waals surface area (Å²) in [7, 11) is 0. The van der Waals surface area contributed by atoms with Crippen LogP contribution in [0.5, 0.6) is 0 Å². The average Bonchev–Trinajstić information content (AvgIpc) is 2.72. The van der Waals surface area contributed by atoms with Gasteiger partial charge >= 0.3 is 6.03 Å². The zero-order valence-electron chi connectivity index (χ0n) is 11.7. The number of aliphatic hydroxyl groups is 1. The molecular formula is C15H16N2O4. The summed E-state index contributed by atoms with van der Waals surface area (Å²) in [5, 5.41) is 9.96. The third kappa shape index (κ3) is 2.12.